The molecule has 3 unspecified atom stereocenters. The van der Waals surface area contributed by atoms with Crippen molar-refractivity contribution in [3.63, 3.8) is 0 Å². The first-order valence-electron chi connectivity index (χ1n) is 45.4. The maximum atomic E-state index is 13.0. The molecule has 6 aliphatic heterocycles. The summed E-state index contributed by atoms with van der Waals surface area (Å²) in [6.07, 6.45) is 11.1. The molecule has 9 atom stereocenters. The molecular weight excluding hydrogens is 1510 g/mol. The van der Waals surface area contributed by atoms with Gasteiger partial charge in [-0.2, -0.15) is 0 Å². The Balaban J connectivity index is 0.000000139. The lowest BCUT2D eigenvalue weighted by atomic mass is 9.83. The molecule has 0 amide bonds. The van der Waals surface area contributed by atoms with Crippen molar-refractivity contribution < 1.29 is 44.9 Å². The van der Waals surface area contributed by atoms with Crippen LogP contribution in [0.25, 0.3) is 0 Å². The van der Waals surface area contributed by atoms with Crippen LogP contribution in [0, 0.1) is 64.1 Å². The molecule has 5 fully saturated rings. The summed E-state index contributed by atoms with van der Waals surface area (Å²) in [4.78, 5) is 11.9. The molecule has 0 bridgehead atoms. The minimum Gasteiger partial charge on any atom is -0.491 e. The average molecular weight is 1650 g/mol. The fourth-order valence-electron chi connectivity index (χ4n) is 18.8. The van der Waals surface area contributed by atoms with Crippen LogP contribution in [0.3, 0.4) is 0 Å². The molecule has 10 aromatic carbocycles. The molecule has 16 rings (SSSR count). The molecule has 650 valence electrons. The van der Waals surface area contributed by atoms with Crippen LogP contribution in [-0.4, -0.2) is 164 Å². The molecule has 0 aromatic heterocycles. The van der Waals surface area contributed by atoms with E-state index in [1.165, 1.54) is 77.5 Å². The molecule has 0 saturated carbocycles. The van der Waals surface area contributed by atoms with Gasteiger partial charge in [0.25, 0.3) is 0 Å². The van der Waals surface area contributed by atoms with E-state index < -0.39 is 35.6 Å². The van der Waals surface area contributed by atoms with Crippen molar-refractivity contribution in [2.24, 2.45) is 23.7 Å². The Morgan fingerprint density at radius 1 is 0.377 bits per heavy atom. The van der Waals surface area contributed by atoms with Crippen LogP contribution >= 0.6 is 0 Å². The van der Waals surface area contributed by atoms with Crippen LogP contribution in [0.1, 0.15) is 199 Å². The number of fused-ring (bicyclic) bond motifs is 1. The summed E-state index contributed by atoms with van der Waals surface area (Å²) in [6, 6.07) is 87.2. The van der Waals surface area contributed by atoms with Gasteiger partial charge in [-0.05, 0) is 269 Å². The standard InChI is InChI=1S/C23H31NO.C22H29NO.C21H26FNO.C21H25NO3.C21H27NO2/c1-18-8-10-22(11-9-18)23(25)19(2)17-24-14-12-21(13-15-24)16-20-6-4-3-5-7-20;1-17-8-10-21(11-9-17)22(24)18(2)23-14-12-20(13-15-23)16-19-6-4-3-5-7-19;1-16-2-6-19(7-3-16)21(24)15-23-12-10-18(11-13-23)14-17-4-8-20(22)9-5-17;1-15-7-8-17-19(13-15)25-14-18(20(17)23)22-11-9-21(24,10-12-22)16-5-3-2-4-6-16;1-16-8-10-18(11-9-16)20(23)17(2)22-14-12-21(24,13-15-22)19-6-4-3-5-7-19/h3-11,19,21,23,25H,12-17H2,1-2H3;3-11,18,20,22,24H,12-16H2,1-2H3;2-9,18,21,24H,10-15H2,1H3;2-8,13,18,20,23-24H,9-12,14H2,1H3;3-11,17,20,23-24H,12-15H2,1-2H3/t19-,23+;;;18-,20+;17-,20+/m0..10/s1. The fourth-order valence-corrected chi connectivity index (χ4v) is 18.8. The van der Waals surface area contributed by atoms with Crippen LogP contribution < -0.4 is 4.74 Å². The third-order valence-electron chi connectivity index (χ3n) is 27.1. The number of hydrogen-bond acceptors (Lipinski definition) is 13. The number of piperidine rings is 5. The topological polar surface area (TPSA) is 167 Å². The molecule has 6 heterocycles. The van der Waals surface area contributed by atoms with Gasteiger partial charge < -0.3 is 50.3 Å². The lowest BCUT2D eigenvalue weighted by Crippen LogP contribution is -2.52. The highest BCUT2D eigenvalue weighted by molar-refractivity contribution is 5.41. The zero-order chi connectivity index (χ0) is 86.1. The normalized spacial score (nSPS) is 20.5. The number of β-amino-alcohol motifs (C(OH)–C–C–N with tert-alkyl or cyclic N) is 1. The third kappa shape index (κ3) is 26.7. The molecule has 122 heavy (non-hydrogen) atoms. The SMILES string of the molecule is Cc1ccc(C(O)C(C)N2CCC(Cc3ccccc3)CC2)cc1.Cc1ccc(C(O)CN2CCC(Cc3ccc(F)cc3)CC2)cc1.Cc1ccc([C@H](O)[C@@H](C)CN2CCC(Cc3ccccc3)CC2)cc1.Cc1ccc([C@H](O)[C@H](C)N2CCC(O)(c3ccccc3)CC2)cc1.Cc1ccc2c(c1)OC[C@@H](N1CCC(O)(c3ccccc3)CC1)[C@H]2O. The van der Waals surface area contributed by atoms with Crippen molar-refractivity contribution in [1.29, 1.82) is 0 Å². The van der Waals surface area contributed by atoms with Crippen LogP contribution in [-0.2, 0) is 30.5 Å². The van der Waals surface area contributed by atoms with E-state index in [1.807, 2.05) is 146 Å². The Bertz CT molecular complexity index is 4650. The van der Waals surface area contributed by atoms with E-state index in [4.69, 9.17) is 4.74 Å². The number of benzene rings is 10. The van der Waals surface area contributed by atoms with Gasteiger partial charge >= 0.3 is 0 Å². The largest absolute Gasteiger partial charge is 0.491 e. The Morgan fingerprint density at radius 2 is 0.721 bits per heavy atom. The number of halogens is 1. The Hall–Kier alpha value is -8.55. The van der Waals surface area contributed by atoms with Crippen molar-refractivity contribution >= 4 is 0 Å². The highest BCUT2D eigenvalue weighted by Crippen LogP contribution is 2.41. The number of likely N-dealkylation sites (tertiary alicyclic amines) is 5. The van der Waals surface area contributed by atoms with Crippen molar-refractivity contribution in [1.82, 2.24) is 24.5 Å². The monoisotopic (exact) mass is 1650 g/mol. The third-order valence-corrected chi connectivity index (χ3v) is 27.1. The Labute approximate surface area is 728 Å². The number of aliphatic hydroxyl groups excluding tert-OH is 5. The molecular formula is C108H138FN5O8. The summed E-state index contributed by atoms with van der Waals surface area (Å²) in [5, 5.41) is 75.2. The van der Waals surface area contributed by atoms with Gasteiger partial charge in [-0.1, -0.05) is 272 Å². The molecule has 0 spiro atoms. The summed E-state index contributed by atoms with van der Waals surface area (Å²) in [6.45, 7) is 28.4. The number of rotatable bonds is 22. The summed E-state index contributed by atoms with van der Waals surface area (Å²) in [7, 11) is 0. The van der Waals surface area contributed by atoms with Gasteiger partial charge in [0.15, 0.2) is 0 Å². The fraction of sp³-hybridized carbons (Fsp3) is 0.444. The maximum Gasteiger partial charge on any atom is 0.125 e. The number of aliphatic hydroxyl groups is 7. The van der Waals surface area contributed by atoms with Gasteiger partial charge in [0.05, 0.1) is 41.7 Å². The van der Waals surface area contributed by atoms with Crippen molar-refractivity contribution in [2.45, 2.75) is 199 Å². The van der Waals surface area contributed by atoms with Crippen molar-refractivity contribution in [3.8, 4) is 5.75 Å². The number of nitrogens with zero attached hydrogens (tertiary/aromatic N) is 5. The van der Waals surface area contributed by atoms with Gasteiger partial charge in [0.1, 0.15) is 24.3 Å². The van der Waals surface area contributed by atoms with Gasteiger partial charge in [-0.15, -0.1) is 0 Å². The molecule has 0 aliphatic carbocycles. The Kier molecular flexibility index (Phi) is 34.4. The van der Waals surface area contributed by atoms with E-state index in [-0.39, 0.29) is 36.0 Å². The molecule has 10 aromatic rings. The van der Waals surface area contributed by atoms with E-state index in [9.17, 15) is 40.1 Å². The van der Waals surface area contributed by atoms with Gasteiger partial charge in [0, 0.05) is 56.9 Å². The lowest BCUT2D eigenvalue weighted by molar-refractivity contribution is -0.0664. The van der Waals surface area contributed by atoms with E-state index >= 15 is 0 Å². The van der Waals surface area contributed by atoms with Gasteiger partial charge in [-0.25, -0.2) is 4.39 Å². The predicted octanol–water partition coefficient (Wildman–Crippen LogP) is 19.3. The Morgan fingerprint density at radius 3 is 1.14 bits per heavy atom. The molecule has 14 heteroatoms. The lowest BCUT2D eigenvalue weighted by Gasteiger charge is -2.44. The summed E-state index contributed by atoms with van der Waals surface area (Å²) < 4.78 is 18.9. The molecule has 7 N–H and O–H groups in total. The first-order valence-corrected chi connectivity index (χ1v) is 45.4. The average Bonchev–Trinajstić information content (AvgIpc) is 0.771. The second kappa shape index (κ2) is 45.4. The summed E-state index contributed by atoms with van der Waals surface area (Å²) >= 11 is 0. The molecule has 13 nitrogen and oxygen atoms in total. The van der Waals surface area contributed by atoms with E-state index in [2.05, 4.69) is 182 Å². The number of ether oxygens (including phenoxy) is 1. The minimum atomic E-state index is -0.771. The molecule has 5 saturated heterocycles. The molecule has 0 radical (unpaired) electrons. The van der Waals surface area contributed by atoms with E-state index in [1.54, 1.807) is 12.1 Å². The minimum absolute atomic E-state index is 0.0352. The predicted molar refractivity (Wildman–Crippen MR) is 493 cm³/mol. The highest BCUT2D eigenvalue weighted by Gasteiger charge is 2.41. The van der Waals surface area contributed by atoms with Gasteiger partial charge in [-0.3, -0.25) is 14.7 Å². The van der Waals surface area contributed by atoms with Crippen LogP contribution in [0.15, 0.2) is 261 Å². The first kappa shape index (κ1) is 92.6. The number of hydrogen-bond donors (Lipinski definition) is 7. The smallest absolute Gasteiger partial charge is 0.125 e. The van der Waals surface area contributed by atoms with Crippen LogP contribution in [0.2, 0.25) is 0 Å². The van der Waals surface area contributed by atoms with Crippen molar-refractivity contribution in [3.05, 3.63) is 350 Å². The summed E-state index contributed by atoms with van der Waals surface area (Å²) in [5.41, 5.74) is 15.5. The van der Waals surface area contributed by atoms with Gasteiger partial charge in [0.2, 0.25) is 0 Å². The van der Waals surface area contributed by atoms with E-state index in [0.29, 0.717) is 44.8 Å². The van der Waals surface area contributed by atoms with Crippen LogP contribution in [0.4, 0.5) is 4.39 Å². The second-order valence-corrected chi connectivity index (χ2v) is 36.4. The highest BCUT2D eigenvalue weighted by atomic mass is 19.1. The molecule has 6 aliphatic rings. The van der Waals surface area contributed by atoms with E-state index in [0.717, 1.165) is 153 Å². The first-order chi connectivity index (χ1) is 58.9. The second-order valence-electron chi connectivity index (χ2n) is 36.4. The van der Waals surface area contributed by atoms with Crippen molar-refractivity contribution in [2.75, 3.05) is 85.1 Å². The maximum absolute atomic E-state index is 13.0. The van der Waals surface area contributed by atoms with Crippen LogP contribution in [0.5, 0.6) is 5.75 Å². The quantitative estimate of drug-likeness (QED) is 0.0343. The zero-order valence-corrected chi connectivity index (χ0v) is 73.8. The summed E-state index contributed by atoms with van der Waals surface area (Å²) in [5.74, 6) is 3.11. The zero-order valence-electron chi connectivity index (χ0n) is 73.8. The number of aryl methyl sites for hydroxylation is 5.